The first kappa shape index (κ1) is 20.3. The molecule has 2 N–H and O–H groups in total. The van der Waals surface area contributed by atoms with Crippen LogP contribution in [0.1, 0.15) is 37.6 Å². The third-order valence-corrected chi connectivity index (χ3v) is 4.66. The van der Waals surface area contributed by atoms with Crippen molar-refractivity contribution in [2.75, 3.05) is 5.32 Å². The van der Waals surface area contributed by atoms with Gasteiger partial charge in [0, 0.05) is 23.8 Å². The highest BCUT2D eigenvalue weighted by molar-refractivity contribution is 5.67. The van der Waals surface area contributed by atoms with Crippen LogP contribution in [0.15, 0.2) is 41.2 Å². The number of hydrogen-bond donors (Lipinski definition) is 2. The molecule has 152 valence electrons. The van der Waals surface area contributed by atoms with Crippen LogP contribution in [0.2, 0.25) is 0 Å². The summed E-state index contributed by atoms with van der Waals surface area (Å²) in [6.45, 7) is 9.79. The number of nitrogens with one attached hydrogen (secondary N) is 1. The van der Waals surface area contributed by atoms with Crippen molar-refractivity contribution < 1.29 is 14.4 Å². The van der Waals surface area contributed by atoms with E-state index in [2.05, 4.69) is 20.4 Å². The molecule has 3 aromatic rings. The second kappa shape index (κ2) is 7.90. The van der Waals surface area contributed by atoms with Crippen molar-refractivity contribution in [2.45, 2.75) is 46.7 Å². The van der Waals surface area contributed by atoms with E-state index in [0.717, 1.165) is 28.1 Å². The summed E-state index contributed by atoms with van der Waals surface area (Å²) in [6.07, 6.45) is 2.26. The molecule has 1 aromatic carbocycles. The van der Waals surface area contributed by atoms with Gasteiger partial charge in [0.1, 0.15) is 17.6 Å². The van der Waals surface area contributed by atoms with Gasteiger partial charge in [-0.1, -0.05) is 17.3 Å². The Balaban J connectivity index is 1.84. The molecule has 0 saturated carbocycles. The maximum absolute atomic E-state index is 11.6. The molecule has 0 radical (unpaired) electrons. The SMILES string of the molecule is Cc1cc(-c2ccnc(Nc3conc3C)n2)ccc1CN(C(=O)O)C(C)(C)C. The molecule has 3 rings (SSSR count). The fraction of sp³-hybridized carbons (Fsp3) is 0.333. The Morgan fingerprint density at radius 3 is 2.59 bits per heavy atom. The second-order valence-corrected chi connectivity index (χ2v) is 7.88. The minimum absolute atomic E-state index is 0.328. The fourth-order valence-corrected chi connectivity index (χ4v) is 2.91. The molecule has 0 saturated heterocycles. The Morgan fingerprint density at radius 2 is 2.00 bits per heavy atom. The van der Waals surface area contributed by atoms with E-state index in [1.165, 1.54) is 11.2 Å². The van der Waals surface area contributed by atoms with Crippen molar-refractivity contribution >= 4 is 17.7 Å². The molecule has 8 nitrogen and oxygen atoms in total. The number of rotatable bonds is 5. The monoisotopic (exact) mass is 395 g/mol. The molecule has 2 aromatic heterocycles. The van der Waals surface area contributed by atoms with E-state index in [0.29, 0.717) is 18.2 Å². The summed E-state index contributed by atoms with van der Waals surface area (Å²) in [5, 5.41) is 16.5. The Bertz CT molecular complexity index is 1020. The lowest BCUT2D eigenvalue weighted by Crippen LogP contribution is -2.44. The predicted octanol–water partition coefficient (Wildman–Crippen LogP) is 4.77. The van der Waals surface area contributed by atoms with E-state index in [4.69, 9.17) is 4.52 Å². The van der Waals surface area contributed by atoms with E-state index in [1.54, 1.807) is 6.20 Å². The Kier molecular flexibility index (Phi) is 5.54. The highest BCUT2D eigenvalue weighted by Crippen LogP contribution is 2.25. The van der Waals surface area contributed by atoms with Gasteiger partial charge in [-0.05, 0) is 57.9 Å². The van der Waals surface area contributed by atoms with Gasteiger partial charge in [0.2, 0.25) is 5.95 Å². The summed E-state index contributed by atoms with van der Waals surface area (Å²) in [4.78, 5) is 21.9. The van der Waals surface area contributed by atoms with Gasteiger partial charge >= 0.3 is 6.09 Å². The zero-order valence-corrected chi connectivity index (χ0v) is 17.2. The van der Waals surface area contributed by atoms with Crippen molar-refractivity contribution in [1.29, 1.82) is 0 Å². The number of carbonyl (C=O) groups is 1. The summed E-state index contributed by atoms with van der Waals surface area (Å²) in [6, 6.07) is 7.74. The first-order valence-corrected chi connectivity index (χ1v) is 9.26. The van der Waals surface area contributed by atoms with Gasteiger partial charge in [0.05, 0.1) is 5.69 Å². The first-order chi connectivity index (χ1) is 13.6. The van der Waals surface area contributed by atoms with Crippen LogP contribution in [-0.4, -0.2) is 36.8 Å². The van der Waals surface area contributed by atoms with Crippen molar-refractivity contribution in [2.24, 2.45) is 0 Å². The van der Waals surface area contributed by atoms with E-state index in [9.17, 15) is 9.90 Å². The molecule has 8 heteroatoms. The lowest BCUT2D eigenvalue weighted by Gasteiger charge is -2.33. The third kappa shape index (κ3) is 4.71. The number of anilines is 2. The van der Waals surface area contributed by atoms with Crippen LogP contribution < -0.4 is 5.32 Å². The van der Waals surface area contributed by atoms with Gasteiger partial charge in [0.25, 0.3) is 0 Å². The van der Waals surface area contributed by atoms with E-state index < -0.39 is 11.6 Å². The van der Waals surface area contributed by atoms with E-state index in [-0.39, 0.29) is 0 Å². The minimum atomic E-state index is -0.934. The first-order valence-electron chi connectivity index (χ1n) is 9.26. The van der Waals surface area contributed by atoms with Crippen LogP contribution in [0.25, 0.3) is 11.3 Å². The molecule has 0 unspecified atom stereocenters. The highest BCUT2D eigenvalue weighted by atomic mass is 16.5. The van der Waals surface area contributed by atoms with Gasteiger partial charge in [0.15, 0.2) is 0 Å². The van der Waals surface area contributed by atoms with E-state index >= 15 is 0 Å². The molecule has 2 heterocycles. The number of hydrogen-bond acceptors (Lipinski definition) is 6. The average molecular weight is 395 g/mol. The molecule has 0 aliphatic rings. The molecule has 0 bridgehead atoms. The number of amides is 1. The van der Waals surface area contributed by atoms with Crippen LogP contribution in [0.3, 0.4) is 0 Å². The average Bonchev–Trinajstić information content (AvgIpc) is 3.04. The van der Waals surface area contributed by atoms with Gasteiger partial charge < -0.3 is 14.9 Å². The molecule has 0 fully saturated rings. The van der Waals surface area contributed by atoms with Crippen molar-refractivity contribution in [3.05, 3.63) is 53.5 Å². The number of benzene rings is 1. The number of carboxylic acid groups (broad SMARTS) is 1. The lowest BCUT2D eigenvalue weighted by molar-refractivity contribution is 0.0954. The Morgan fingerprint density at radius 1 is 1.24 bits per heavy atom. The quantitative estimate of drug-likeness (QED) is 0.641. The fourth-order valence-electron chi connectivity index (χ4n) is 2.91. The highest BCUT2D eigenvalue weighted by Gasteiger charge is 2.26. The van der Waals surface area contributed by atoms with Crippen LogP contribution in [0.4, 0.5) is 16.4 Å². The molecule has 0 aliphatic carbocycles. The summed E-state index contributed by atoms with van der Waals surface area (Å²) >= 11 is 0. The Labute approximate surface area is 169 Å². The maximum Gasteiger partial charge on any atom is 0.408 e. The maximum atomic E-state index is 11.6. The van der Waals surface area contributed by atoms with Crippen molar-refractivity contribution in [1.82, 2.24) is 20.0 Å². The topological polar surface area (TPSA) is 104 Å². The Hall–Kier alpha value is -3.42. The van der Waals surface area contributed by atoms with Crippen molar-refractivity contribution in [3.63, 3.8) is 0 Å². The van der Waals surface area contributed by atoms with E-state index in [1.807, 2.05) is 58.9 Å². The standard InChI is InChI=1S/C21H25N5O3/c1-13-10-15(6-7-16(13)11-26(20(27)28)21(3,4)5)17-8-9-22-19(23-17)24-18-12-29-25-14(18)2/h6-10,12H,11H2,1-5H3,(H,27,28)(H,22,23,24). The van der Waals surface area contributed by atoms with Gasteiger partial charge in [-0.2, -0.15) is 0 Å². The van der Waals surface area contributed by atoms with Crippen LogP contribution in [0, 0.1) is 13.8 Å². The molecule has 0 spiro atoms. The zero-order chi connectivity index (χ0) is 21.2. The van der Waals surface area contributed by atoms with Crippen LogP contribution >= 0.6 is 0 Å². The minimum Gasteiger partial charge on any atom is -0.465 e. The number of aromatic nitrogens is 3. The smallest absolute Gasteiger partial charge is 0.408 e. The largest absolute Gasteiger partial charge is 0.465 e. The molecular weight excluding hydrogens is 370 g/mol. The van der Waals surface area contributed by atoms with Crippen molar-refractivity contribution in [3.8, 4) is 11.3 Å². The summed E-state index contributed by atoms with van der Waals surface area (Å²) in [5.74, 6) is 0.445. The molecule has 0 aliphatic heterocycles. The van der Waals surface area contributed by atoms with Gasteiger partial charge in [-0.15, -0.1) is 0 Å². The number of aryl methyl sites for hydroxylation is 2. The second-order valence-electron chi connectivity index (χ2n) is 7.88. The summed E-state index contributed by atoms with van der Waals surface area (Å²) < 4.78 is 4.92. The molecule has 29 heavy (non-hydrogen) atoms. The van der Waals surface area contributed by atoms with Crippen LogP contribution in [-0.2, 0) is 6.54 Å². The van der Waals surface area contributed by atoms with Crippen LogP contribution in [0.5, 0.6) is 0 Å². The summed E-state index contributed by atoms with van der Waals surface area (Å²) in [5.41, 5.74) is 4.60. The van der Waals surface area contributed by atoms with Gasteiger partial charge in [-0.25, -0.2) is 14.8 Å². The summed E-state index contributed by atoms with van der Waals surface area (Å²) in [7, 11) is 0. The zero-order valence-electron chi connectivity index (χ0n) is 17.2. The predicted molar refractivity (Wildman–Crippen MR) is 110 cm³/mol. The van der Waals surface area contributed by atoms with Gasteiger partial charge in [-0.3, -0.25) is 4.90 Å². The molecule has 1 amide bonds. The third-order valence-electron chi connectivity index (χ3n) is 4.66. The molecular formula is C21H25N5O3. The lowest BCUT2D eigenvalue weighted by atomic mass is 10.0. The molecule has 0 atom stereocenters. The normalized spacial score (nSPS) is 11.3. The number of nitrogens with zero attached hydrogens (tertiary/aromatic N) is 4.